The molecule has 2 rings (SSSR count). The zero-order chi connectivity index (χ0) is 19.3. The fraction of sp³-hybridized carbons (Fsp3) is 0.235. The summed E-state index contributed by atoms with van der Waals surface area (Å²) in [5.41, 5.74) is 12.2. The molecule has 26 heavy (non-hydrogen) atoms. The van der Waals surface area contributed by atoms with Gasteiger partial charge in [-0.3, -0.25) is 4.79 Å². The number of nitrogens with two attached hydrogens (primary N) is 2. The first kappa shape index (κ1) is 19.5. The molecule has 0 radical (unpaired) electrons. The molecule has 0 unspecified atom stereocenters. The van der Waals surface area contributed by atoms with E-state index >= 15 is 0 Å². The number of hydrogen-bond donors (Lipinski definition) is 3. The minimum atomic E-state index is -4.05. The van der Waals surface area contributed by atoms with Crippen LogP contribution in [0.4, 0.5) is 5.69 Å². The Hall–Kier alpha value is -2.78. The summed E-state index contributed by atoms with van der Waals surface area (Å²) in [6, 6.07) is 8.84. The van der Waals surface area contributed by atoms with E-state index in [9.17, 15) is 13.2 Å². The van der Waals surface area contributed by atoms with Crippen molar-refractivity contribution in [1.29, 1.82) is 0 Å². The van der Waals surface area contributed by atoms with Crippen molar-refractivity contribution in [2.45, 2.75) is 11.3 Å². The molecule has 0 aliphatic rings. The number of carbonyl (C=O) groups is 1. The molecule has 5 N–H and O–H groups in total. The van der Waals surface area contributed by atoms with Gasteiger partial charge in [0.2, 0.25) is 0 Å². The highest BCUT2D eigenvalue weighted by Gasteiger charge is 2.22. The van der Waals surface area contributed by atoms with E-state index in [1.54, 1.807) is 12.1 Å². The van der Waals surface area contributed by atoms with E-state index in [2.05, 4.69) is 0 Å². The predicted molar refractivity (Wildman–Crippen MR) is 97.8 cm³/mol. The van der Waals surface area contributed by atoms with Gasteiger partial charge in [0.25, 0.3) is 15.9 Å². The van der Waals surface area contributed by atoms with Crippen LogP contribution in [-0.4, -0.2) is 35.1 Å². The molecular formula is C17H21N3O5S. The van der Waals surface area contributed by atoms with Crippen molar-refractivity contribution in [2.75, 3.05) is 26.5 Å². The van der Waals surface area contributed by atoms with Gasteiger partial charge in [-0.25, -0.2) is 13.1 Å². The lowest BCUT2D eigenvalue weighted by molar-refractivity contribution is 0.0982. The summed E-state index contributed by atoms with van der Waals surface area (Å²) in [5, 5.41) is 0. The third kappa shape index (κ3) is 4.24. The number of hydrogen-bond acceptors (Lipinski definition) is 7. The van der Waals surface area contributed by atoms with Crippen LogP contribution < -0.4 is 25.7 Å². The Bertz CT molecular complexity index is 895. The van der Waals surface area contributed by atoms with Gasteiger partial charge in [-0.05, 0) is 36.7 Å². The maximum absolute atomic E-state index is 12.4. The zero-order valence-electron chi connectivity index (χ0n) is 14.5. The summed E-state index contributed by atoms with van der Waals surface area (Å²) in [6.45, 7) is 0.460. The molecule has 0 aliphatic heterocycles. The summed E-state index contributed by atoms with van der Waals surface area (Å²) in [6.07, 6.45) is 0.634. The number of amides is 1. The first-order valence-electron chi connectivity index (χ1n) is 7.70. The number of anilines is 1. The van der Waals surface area contributed by atoms with Crippen molar-refractivity contribution < 1.29 is 22.7 Å². The quantitative estimate of drug-likeness (QED) is 0.609. The summed E-state index contributed by atoms with van der Waals surface area (Å²) in [7, 11) is -1.23. The average molecular weight is 379 g/mol. The highest BCUT2D eigenvalue weighted by atomic mass is 32.2. The van der Waals surface area contributed by atoms with Gasteiger partial charge in [-0.15, -0.1) is 0 Å². The molecule has 0 spiro atoms. The molecule has 2 aromatic rings. The Morgan fingerprint density at radius 1 is 1.08 bits per heavy atom. The van der Waals surface area contributed by atoms with Crippen molar-refractivity contribution >= 4 is 21.6 Å². The van der Waals surface area contributed by atoms with Crippen molar-refractivity contribution in [1.82, 2.24) is 4.72 Å². The van der Waals surface area contributed by atoms with Crippen LogP contribution in [0.25, 0.3) is 0 Å². The highest BCUT2D eigenvalue weighted by molar-refractivity contribution is 7.90. The summed E-state index contributed by atoms with van der Waals surface area (Å²) in [5.74, 6) is -0.273. The van der Waals surface area contributed by atoms with E-state index in [0.29, 0.717) is 18.7 Å². The van der Waals surface area contributed by atoms with Gasteiger partial charge in [0.05, 0.1) is 24.7 Å². The molecule has 0 heterocycles. The standard InChI is InChI=1S/C17H21N3O5S/c1-24-15-9-13(14(19)10-16(15)25-2)17(21)20-26(22,23)12-5-3-11(4-6-12)7-8-18/h3-6,9-10H,7-8,18-19H2,1-2H3,(H,20,21). The second-order valence-electron chi connectivity index (χ2n) is 5.41. The minimum Gasteiger partial charge on any atom is -0.493 e. The molecule has 2 aromatic carbocycles. The number of methoxy groups -OCH3 is 2. The number of nitrogens with one attached hydrogen (secondary N) is 1. The normalized spacial score (nSPS) is 11.0. The molecular weight excluding hydrogens is 358 g/mol. The van der Waals surface area contributed by atoms with Crippen LogP contribution in [0, 0.1) is 0 Å². The van der Waals surface area contributed by atoms with Crippen molar-refractivity contribution in [3.8, 4) is 11.5 Å². The fourth-order valence-electron chi connectivity index (χ4n) is 2.33. The lowest BCUT2D eigenvalue weighted by Gasteiger charge is -2.13. The van der Waals surface area contributed by atoms with Gasteiger partial charge in [-0.2, -0.15) is 0 Å². The molecule has 0 saturated heterocycles. The van der Waals surface area contributed by atoms with Crippen LogP contribution in [0.3, 0.4) is 0 Å². The number of nitrogen functional groups attached to an aromatic ring is 1. The van der Waals surface area contributed by atoms with Crippen molar-refractivity contribution in [3.63, 3.8) is 0 Å². The van der Waals surface area contributed by atoms with E-state index < -0.39 is 15.9 Å². The monoisotopic (exact) mass is 379 g/mol. The van der Waals surface area contributed by atoms with Gasteiger partial charge >= 0.3 is 0 Å². The largest absolute Gasteiger partial charge is 0.493 e. The number of benzene rings is 2. The molecule has 9 heteroatoms. The number of carbonyl (C=O) groups excluding carboxylic acids is 1. The summed E-state index contributed by atoms with van der Waals surface area (Å²) in [4.78, 5) is 12.4. The van der Waals surface area contributed by atoms with Gasteiger partial charge < -0.3 is 20.9 Å². The van der Waals surface area contributed by atoms with Crippen molar-refractivity contribution in [3.05, 3.63) is 47.5 Å². The third-order valence-electron chi connectivity index (χ3n) is 3.69. The summed E-state index contributed by atoms with van der Waals surface area (Å²) >= 11 is 0. The molecule has 0 bridgehead atoms. The Kier molecular flexibility index (Phi) is 6.06. The maximum atomic E-state index is 12.4. The predicted octanol–water partition coefficient (Wildman–Crippen LogP) is 0.906. The Morgan fingerprint density at radius 3 is 2.19 bits per heavy atom. The Morgan fingerprint density at radius 2 is 1.65 bits per heavy atom. The second kappa shape index (κ2) is 8.07. The van der Waals surface area contributed by atoms with E-state index in [1.165, 1.54) is 38.5 Å². The van der Waals surface area contributed by atoms with Crippen LogP contribution >= 0.6 is 0 Å². The molecule has 8 nitrogen and oxygen atoms in total. The SMILES string of the molecule is COc1cc(N)c(C(=O)NS(=O)(=O)c2ccc(CCN)cc2)cc1OC. The first-order chi connectivity index (χ1) is 12.3. The minimum absolute atomic E-state index is 0.0361. The molecule has 0 atom stereocenters. The number of ether oxygens (including phenoxy) is 2. The molecule has 0 saturated carbocycles. The van der Waals surface area contributed by atoms with Crippen molar-refractivity contribution in [2.24, 2.45) is 5.73 Å². The third-order valence-corrected chi connectivity index (χ3v) is 5.04. The van der Waals surface area contributed by atoms with Crippen LogP contribution in [0.15, 0.2) is 41.3 Å². The molecule has 140 valence electrons. The van der Waals surface area contributed by atoms with Crippen LogP contribution in [0.5, 0.6) is 11.5 Å². The molecule has 0 fully saturated rings. The van der Waals surface area contributed by atoms with Gasteiger partial charge in [0.15, 0.2) is 11.5 Å². The second-order valence-corrected chi connectivity index (χ2v) is 7.09. The van der Waals surface area contributed by atoms with Gasteiger partial charge in [-0.1, -0.05) is 12.1 Å². The van der Waals surface area contributed by atoms with E-state index in [0.717, 1.165) is 5.56 Å². The van der Waals surface area contributed by atoms with E-state index in [-0.39, 0.29) is 21.9 Å². The fourth-order valence-corrected chi connectivity index (χ4v) is 3.30. The number of rotatable bonds is 7. The van der Waals surface area contributed by atoms with Crippen LogP contribution in [0.2, 0.25) is 0 Å². The molecule has 0 aromatic heterocycles. The smallest absolute Gasteiger partial charge is 0.267 e. The molecule has 0 aliphatic carbocycles. The van der Waals surface area contributed by atoms with E-state index in [1.807, 2.05) is 4.72 Å². The van der Waals surface area contributed by atoms with E-state index in [4.69, 9.17) is 20.9 Å². The lowest BCUT2D eigenvalue weighted by Crippen LogP contribution is -2.31. The van der Waals surface area contributed by atoms with Gasteiger partial charge in [0.1, 0.15) is 0 Å². The Balaban J connectivity index is 2.28. The number of sulfonamides is 1. The zero-order valence-corrected chi connectivity index (χ0v) is 15.3. The van der Waals surface area contributed by atoms with Crippen LogP contribution in [0.1, 0.15) is 15.9 Å². The Labute approximate surface area is 152 Å². The van der Waals surface area contributed by atoms with Gasteiger partial charge in [0, 0.05) is 11.8 Å². The topological polar surface area (TPSA) is 134 Å². The van der Waals surface area contributed by atoms with Crippen LogP contribution in [-0.2, 0) is 16.4 Å². The molecule has 1 amide bonds. The summed E-state index contributed by atoms with van der Waals surface area (Å²) < 4.78 is 37.0. The first-order valence-corrected chi connectivity index (χ1v) is 9.18. The lowest BCUT2D eigenvalue weighted by atomic mass is 10.1. The maximum Gasteiger partial charge on any atom is 0.267 e. The highest BCUT2D eigenvalue weighted by Crippen LogP contribution is 2.32. The average Bonchev–Trinajstić information content (AvgIpc) is 2.61.